The van der Waals surface area contributed by atoms with E-state index in [9.17, 15) is 4.79 Å². The lowest BCUT2D eigenvalue weighted by Gasteiger charge is -2.34. The predicted molar refractivity (Wildman–Crippen MR) is 64.3 cm³/mol. The lowest BCUT2D eigenvalue weighted by Crippen LogP contribution is -2.44. The molecule has 0 N–H and O–H groups in total. The quantitative estimate of drug-likeness (QED) is 0.769. The number of aromatic nitrogens is 3. The number of nitrogens with zero attached hydrogens (tertiary/aromatic N) is 5. The van der Waals surface area contributed by atoms with E-state index in [0.29, 0.717) is 11.8 Å². The van der Waals surface area contributed by atoms with E-state index in [1.165, 1.54) is 17.4 Å². The summed E-state index contributed by atoms with van der Waals surface area (Å²) in [6.45, 7) is 6.11. The lowest BCUT2D eigenvalue weighted by atomic mass is 9.92. The molecule has 0 radical (unpaired) electrons. The molecular formula is C12H17N5O. The summed E-state index contributed by atoms with van der Waals surface area (Å²) in [4.78, 5) is 17.8. The van der Waals surface area contributed by atoms with Crippen LogP contribution < -0.4 is 0 Å². The summed E-state index contributed by atoms with van der Waals surface area (Å²) in [5, 5.41) is 12.5. The molecule has 1 aliphatic heterocycles. The van der Waals surface area contributed by atoms with Crippen molar-refractivity contribution in [3.8, 4) is 6.07 Å². The maximum Gasteiger partial charge on any atom is 0.252 e. The van der Waals surface area contributed by atoms with Crippen LogP contribution in [-0.4, -0.2) is 38.7 Å². The van der Waals surface area contributed by atoms with Gasteiger partial charge in [-0.05, 0) is 18.3 Å². The Morgan fingerprint density at radius 2 is 2.17 bits per heavy atom. The minimum absolute atomic E-state index is 0.0442. The first-order valence-corrected chi connectivity index (χ1v) is 6.15. The molecule has 1 saturated heterocycles. The number of carbonyl (C=O) groups is 1. The average molecular weight is 247 g/mol. The third-order valence-corrected chi connectivity index (χ3v) is 3.16. The van der Waals surface area contributed by atoms with E-state index in [2.05, 4.69) is 23.9 Å². The number of rotatable bonds is 2. The van der Waals surface area contributed by atoms with Crippen LogP contribution in [0.1, 0.15) is 26.1 Å². The van der Waals surface area contributed by atoms with Crippen LogP contribution in [0.3, 0.4) is 0 Å². The van der Waals surface area contributed by atoms with Crippen molar-refractivity contribution in [2.75, 3.05) is 13.1 Å². The van der Waals surface area contributed by atoms with Crippen LogP contribution in [0.15, 0.2) is 6.33 Å². The van der Waals surface area contributed by atoms with E-state index in [1.807, 2.05) is 11.0 Å². The molecule has 2 rings (SSSR count). The zero-order valence-corrected chi connectivity index (χ0v) is 10.7. The Balaban J connectivity index is 1.97. The predicted octanol–water partition coefficient (Wildman–Crippen LogP) is 0.654. The monoisotopic (exact) mass is 247 g/mol. The molecule has 0 unspecified atom stereocenters. The van der Waals surface area contributed by atoms with Gasteiger partial charge in [0.05, 0.1) is 0 Å². The molecule has 96 valence electrons. The summed E-state index contributed by atoms with van der Waals surface area (Å²) in [5.74, 6) is 1.23. The second-order valence-corrected chi connectivity index (χ2v) is 5.12. The molecule has 2 atom stereocenters. The molecule has 0 saturated carbocycles. The summed E-state index contributed by atoms with van der Waals surface area (Å²) in [5.41, 5.74) is 0. The molecular weight excluding hydrogens is 230 g/mol. The molecule has 0 bridgehead atoms. The van der Waals surface area contributed by atoms with E-state index in [4.69, 9.17) is 5.26 Å². The highest BCUT2D eigenvalue weighted by molar-refractivity contribution is 5.76. The number of hydrogen-bond acceptors (Lipinski definition) is 4. The summed E-state index contributed by atoms with van der Waals surface area (Å²) in [6.07, 6.45) is 2.60. The number of carbonyl (C=O) groups excluding carboxylic acids is 1. The first-order chi connectivity index (χ1) is 8.58. The van der Waals surface area contributed by atoms with Crippen LogP contribution in [-0.2, 0) is 11.3 Å². The van der Waals surface area contributed by atoms with Crippen LogP contribution >= 0.6 is 0 Å². The number of amides is 1. The van der Waals surface area contributed by atoms with Gasteiger partial charge in [-0.1, -0.05) is 13.8 Å². The van der Waals surface area contributed by atoms with Gasteiger partial charge in [-0.3, -0.25) is 4.79 Å². The van der Waals surface area contributed by atoms with Crippen molar-refractivity contribution >= 4 is 5.91 Å². The summed E-state index contributed by atoms with van der Waals surface area (Å²) in [7, 11) is 0. The van der Waals surface area contributed by atoms with Crippen LogP contribution in [0, 0.1) is 23.2 Å². The number of hydrogen-bond donors (Lipinski definition) is 0. The molecule has 0 spiro atoms. The molecule has 0 aromatic carbocycles. The van der Waals surface area contributed by atoms with E-state index in [-0.39, 0.29) is 18.3 Å². The molecule has 1 fully saturated rings. The SMILES string of the molecule is C[C@@H]1C[C@@H](C)CN(C(=O)Cn2cnc(C#N)n2)C1. The highest BCUT2D eigenvalue weighted by atomic mass is 16.2. The molecule has 1 amide bonds. The van der Waals surface area contributed by atoms with Gasteiger partial charge in [0.25, 0.3) is 5.82 Å². The Morgan fingerprint density at radius 3 is 2.72 bits per heavy atom. The molecule has 18 heavy (non-hydrogen) atoms. The van der Waals surface area contributed by atoms with Crippen LogP contribution in [0.5, 0.6) is 0 Å². The summed E-state index contributed by atoms with van der Waals surface area (Å²) >= 11 is 0. The van der Waals surface area contributed by atoms with E-state index in [0.717, 1.165) is 13.1 Å². The highest BCUT2D eigenvalue weighted by Crippen LogP contribution is 2.20. The smallest absolute Gasteiger partial charge is 0.252 e. The van der Waals surface area contributed by atoms with Crippen molar-refractivity contribution in [1.29, 1.82) is 5.26 Å². The van der Waals surface area contributed by atoms with E-state index < -0.39 is 0 Å². The van der Waals surface area contributed by atoms with Crippen LogP contribution in [0.2, 0.25) is 0 Å². The highest BCUT2D eigenvalue weighted by Gasteiger charge is 2.25. The Morgan fingerprint density at radius 1 is 1.50 bits per heavy atom. The first kappa shape index (κ1) is 12.6. The van der Waals surface area contributed by atoms with Crippen molar-refractivity contribution in [3.63, 3.8) is 0 Å². The Hall–Kier alpha value is -1.90. The Kier molecular flexibility index (Phi) is 3.60. The van der Waals surface area contributed by atoms with Crippen molar-refractivity contribution in [2.45, 2.75) is 26.8 Å². The second kappa shape index (κ2) is 5.17. The van der Waals surface area contributed by atoms with Gasteiger partial charge in [-0.25, -0.2) is 9.67 Å². The molecule has 1 aromatic heterocycles. The second-order valence-electron chi connectivity index (χ2n) is 5.12. The van der Waals surface area contributed by atoms with Crippen molar-refractivity contribution in [2.24, 2.45) is 11.8 Å². The van der Waals surface area contributed by atoms with Gasteiger partial charge < -0.3 is 4.90 Å². The minimum Gasteiger partial charge on any atom is -0.341 e. The third kappa shape index (κ3) is 2.86. The average Bonchev–Trinajstić information content (AvgIpc) is 2.75. The molecule has 2 heterocycles. The topological polar surface area (TPSA) is 74.8 Å². The Labute approximate surface area is 106 Å². The zero-order valence-electron chi connectivity index (χ0n) is 10.7. The zero-order chi connectivity index (χ0) is 13.1. The standard InChI is InChI=1S/C12H17N5O/c1-9-3-10(2)6-16(5-9)12(18)7-17-8-14-11(4-13)15-17/h8-10H,3,5-7H2,1-2H3/t9-,10-/m1/s1. The number of piperidine rings is 1. The molecule has 1 aromatic rings. The van der Waals surface area contributed by atoms with Gasteiger partial charge in [0.2, 0.25) is 5.91 Å². The molecule has 0 aliphatic carbocycles. The van der Waals surface area contributed by atoms with E-state index >= 15 is 0 Å². The first-order valence-electron chi connectivity index (χ1n) is 6.15. The van der Waals surface area contributed by atoms with Gasteiger partial charge in [0, 0.05) is 13.1 Å². The molecule has 6 nitrogen and oxygen atoms in total. The van der Waals surface area contributed by atoms with Gasteiger partial charge in [0.15, 0.2) is 0 Å². The maximum absolute atomic E-state index is 12.1. The number of nitriles is 1. The molecule has 1 aliphatic rings. The van der Waals surface area contributed by atoms with Crippen molar-refractivity contribution in [1.82, 2.24) is 19.7 Å². The maximum atomic E-state index is 12.1. The van der Waals surface area contributed by atoms with Gasteiger partial charge in [-0.15, -0.1) is 5.10 Å². The molecule has 6 heteroatoms. The van der Waals surface area contributed by atoms with E-state index in [1.54, 1.807) is 0 Å². The summed E-state index contributed by atoms with van der Waals surface area (Å²) in [6, 6.07) is 1.85. The van der Waals surface area contributed by atoms with Crippen molar-refractivity contribution in [3.05, 3.63) is 12.2 Å². The van der Waals surface area contributed by atoms with Gasteiger partial charge in [-0.2, -0.15) is 5.26 Å². The van der Waals surface area contributed by atoms with Crippen molar-refractivity contribution < 1.29 is 4.79 Å². The third-order valence-electron chi connectivity index (χ3n) is 3.16. The fourth-order valence-corrected chi connectivity index (χ4v) is 2.53. The normalized spacial score (nSPS) is 23.7. The Bertz CT molecular complexity index is 465. The lowest BCUT2D eigenvalue weighted by molar-refractivity contribution is -0.134. The largest absolute Gasteiger partial charge is 0.341 e. The van der Waals surface area contributed by atoms with Crippen LogP contribution in [0.4, 0.5) is 0 Å². The fourth-order valence-electron chi connectivity index (χ4n) is 2.53. The van der Waals surface area contributed by atoms with Crippen LogP contribution in [0.25, 0.3) is 0 Å². The summed E-state index contributed by atoms with van der Waals surface area (Å²) < 4.78 is 1.42. The van der Waals surface area contributed by atoms with Gasteiger partial charge >= 0.3 is 0 Å². The fraction of sp³-hybridized carbons (Fsp3) is 0.667. The number of likely N-dealkylation sites (tertiary alicyclic amines) is 1. The minimum atomic E-state index is 0.0442. The van der Waals surface area contributed by atoms with Gasteiger partial charge in [0.1, 0.15) is 18.9 Å².